The van der Waals surface area contributed by atoms with E-state index in [9.17, 15) is 19.8 Å². The van der Waals surface area contributed by atoms with E-state index in [4.69, 9.17) is 0 Å². The van der Waals surface area contributed by atoms with Gasteiger partial charge in [0.15, 0.2) is 0 Å². The van der Waals surface area contributed by atoms with Gasteiger partial charge >= 0.3 is 0 Å². The van der Waals surface area contributed by atoms with Crippen molar-refractivity contribution >= 4 is 11.6 Å². The van der Waals surface area contributed by atoms with Gasteiger partial charge in [0.1, 0.15) is 11.6 Å². The van der Waals surface area contributed by atoms with Crippen molar-refractivity contribution in [2.24, 2.45) is 46.3 Å². The largest absolute Gasteiger partial charge is 0.396 e. The summed E-state index contributed by atoms with van der Waals surface area (Å²) in [5.74, 6) is 2.15. The molecule has 0 aromatic heterocycles. The molecule has 0 bridgehead atoms. The molecule has 0 aromatic rings. The van der Waals surface area contributed by atoms with Gasteiger partial charge in [0, 0.05) is 30.8 Å². The zero-order valence-corrected chi connectivity index (χ0v) is 19.9. The zero-order valence-electron chi connectivity index (χ0n) is 19.9. The average molecular weight is 431 g/mol. The molecule has 0 spiro atoms. The standard InChI is InChI=1S/C27H42O4/c1-16(15-28)5-10-24(30)17(2)21-8-9-22-20-7-6-18-13-19(29)11-12-26(18,3)23(20)14-25(31)27(21,22)4/h6,16-17,19-23,28-29H,5,7-15H2,1-4H3/t16?,17-,19-,20-,21+,22-,23-,26-,27+/m0/s1. The van der Waals surface area contributed by atoms with Crippen LogP contribution in [0.1, 0.15) is 85.5 Å². The van der Waals surface area contributed by atoms with Gasteiger partial charge in [-0.2, -0.15) is 0 Å². The Morgan fingerprint density at radius 1 is 1.16 bits per heavy atom. The fraction of sp³-hybridized carbons (Fsp3) is 0.852. The summed E-state index contributed by atoms with van der Waals surface area (Å²) in [5, 5.41) is 19.5. The smallest absolute Gasteiger partial charge is 0.139 e. The lowest BCUT2D eigenvalue weighted by molar-refractivity contribution is -0.149. The van der Waals surface area contributed by atoms with Crippen LogP contribution in [0, 0.1) is 46.3 Å². The van der Waals surface area contributed by atoms with Gasteiger partial charge in [-0.1, -0.05) is 39.3 Å². The monoisotopic (exact) mass is 430 g/mol. The highest BCUT2D eigenvalue weighted by Crippen LogP contribution is 2.66. The van der Waals surface area contributed by atoms with Gasteiger partial charge in [-0.25, -0.2) is 0 Å². The molecule has 0 aliphatic heterocycles. The van der Waals surface area contributed by atoms with E-state index in [0.717, 1.165) is 44.9 Å². The third-order valence-electron chi connectivity index (χ3n) is 10.3. The number of carbonyl (C=O) groups is 2. The Morgan fingerprint density at radius 3 is 2.61 bits per heavy atom. The zero-order chi connectivity index (χ0) is 22.6. The fourth-order valence-electron chi connectivity index (χ4n) is 8.12. The number of rotatable bonds is 6. The topological polar surface area (TPSA) is 74.6 Å². The first-order chi connectivity index (χ1) is 14.6. The molecule has 31 heavy (non-hydrogen) atoms. The Hall–Kier alpha value is -1.00. The number of hydrogen-bond donors (Lipinski definition) is 2. The minimum Gasteiger partial charge on any atom is -0.396 e. The molecule has 9 atom stereocenters. The maximum atomic E-state index is 13.8. The number of aliphatic hydroxyl groups is 2. The predicted octanol–water partition coefficient (Wildman–Crippen LogP) is 4.72. The summed E-state index contributed by atoms with van der Waals surface area (Å²) in [5.41, 5.74) is 1.06. The molecule has 174 valence electrons. The minimum absolute atomic E-state index is 0.0547. The highest BCUT2D eigenvalue weighted by Gasteiger charge is 2.63. The van der Waals surface area contributed by atoms with Crippen LogP contribution in [0.25, 0.3) is 0 Å². The van der Waals surface area contributed by atoms with E-state index >= 15 is 0 Å². The predicted molar refractivity (Wildman–Crippen MR) is 121 cm³/mol. The van der Waals surface area contributed by atoms with Crippen molar-refractivity contribution in [2.75, 3.05) is 6.61 Å². The molecule has 1 unspecified atom stereocenters. The number of ketones is 2. The highest BCUT2D eigenvalue weighted by molar-refractivity contribution is 5.89. The Bertz CT molecular complexity index is 756. The second-order valence-corrected chi connectivity index (χ2v) is 11.8. The van der Waals surface area contributed by atoms with Crippen molar-refractivity contribution in [3.63, 3.8) is 0 Å². The van der Waals surface area contributed by atoms with Gasteiger partial charge in [-0.05, 0) is 80.0 Å². The van der Waals surface area contributed by atoms with E-state index in [1.807, 2.05) is 13.8 Å². The van der Waals surface area contributed by atoms with Crippen molar-refractivity contribution in [1.29, 1.82) is 0 Å². The molecule has 0 radical (unpaired) electrons. The van der Waals surface area contributed by atoms with E-state index in [0.29, 0.717) is 36.4 Å². The summed E-state index contributed by atoms with van der Waals surface area (Å²) in [6.45, 7) is 8.67. The molecule has 0 aromatic carbocycles. The highest BCUT2D eigenvalue weighted by atomic mass is 16.3. The number of fused-ring (bicyclic) bond motifs is 5. The van der Waals surface area contributed by atoms with Gasteiger partial charge < -0.3 is 10.2 Å². The molecule has 3 saturated carbocycles. The third kappa shape index (κ3) is 3.66. The maximum absolute atomic E-state index is 13.8. The van der Waals surface area contributed by atoms with Gasteiger partial charge in [-0.15, -0.1) is 0 Å². The van der Waals surface area contributed by atoms with E-state index in [2.05, 4.69) is 19.9 Å². The fourth-order valence-corrected chi connectivity index (χ4v) is 8.12. The van der Waals surface area contributed by atoms with E-state index in [-0.39, 0.29) is 47.1 Å². The van der Waals surface area contributed by atoms with Gasteiger partial charge in [0.05, 0.1) is 6.10 Å². The second-order valence-electron chi connectivity index (χ2n) is 11.8. The summed E-state index contributed by atoms with van der Waals surface area (Å²) in [6, 6.07) is 0. The summed E-state index contributed by atoms with van der Waals surface area (Å²) < 4.78 is 0. The number of Topliss-reactive ketones (excluding diaryl/α,β-unsaturated/α-hetero) is 2. The number of hydrogen-bond acceptors (Lipinski definition) is 4. The van der Waals surface area contributed by atoms with Crippen molar-refractivity contribution in [3.8, 4) is 0 Å². The van der Waals surface area contributed by atoms with Crippen molar-refractivity contribution in [1.82, 2.24) is 0 Å². The average Bonchev–Trinajstić information content (AvgIpc) is 3.11. The molecule has 4 nitrogen and oxygen atoms in total. The van der Waals surface area contributed by atoms with Crippen LogP contribution in [0.2, 0.25) is 0 Å². The minimum atomic E-state index is -0.380. The number of allylic oxidation sites excluding steroid dienone is 1. The molecule has 4 rings (SSSR count). The summed E-state index contributed by atoms with van der Waals surface area (Å²) in [7, 11) is 0. The molecule has 0 saturated heterocycles. The molecule has 0 amide bonds. The van der Waals surface area contributed by atoms with Crippen LogP contribution in [0.3, 0.4) is 0 Å². The lowest BCUT2D eigenvalue weighted by Crippen LogP contribution is -2.55. The lowest BCUT2D eigenvalue weighted by Gasteiger charge is -2.57. The normalized spacial score (nSPS) is 44.0. The number of carbonyl (C=O) groups excluding carboxylic acids is 2. The van der Waals surface area contributed by atoms with Crippen molar-refractivity contribution < 1.29 is 19.8 Å². The number of aliphatic hydroxyl groups excluding tert-OH is 2. The molecular formula is C27H42O4. The first-order valence-electron chi connectivity index (χ1n) is 12.7. The van der Waals surface area contributed by atoms with Crippen molar-refractivity contribution in [2.45, 2.75) is 91.6 Å². The van der Waals surface area contributed by atoms with Crippen LogP contribution in [-0.2, 0) is 9.59 Å². The molecule has 4 aliphatic rings. The van der Waals surface area contributed by atoms with Gasteiger partial charge in [0.2, 0.25) is 0 Å². The first kappa shape index (κ1) is 23.2. The SMILES string of the molecule is CC(CO)CCC(=O)[C@@H](C)[C@H]1CC[C@H]2[C@@H]3CC=C4C[C@@H](O)CC[C@]4(C)[C@H]3CC(=O)[C@]12C. The Kier molecular flexibility index (Phi) is 6.28. The first-order valence-corrected chi connectivity index (χ1v) is 12.7. The molecule has 2 N–H and O–H groups in total. The Labute approximate surface area is 187 Å². The van der Waals surface area contributed by atoms with Crippen molar-refractivity contribution in [3.05, 3.63) is 11.6 Å². The van der Waals surface area contributed by atoms with E-state index in [1.165, 1.54) is 5.57 Å². The third-order valence-corrected chi connectivity index (χ3v) is 10.3. The molecule has 0 heterocycles. The van der Waals surface area contributed by atoms with E-state index < -0.39 is 0 Å². The Balaban J connectivity index is 1.55. The Morgan fingerprint density at radius 2 is 1.90 bits per heavy atom. The molecule has 4 aliphatic carbocycles. The van der Waals surface area contributed by atoms with Crippen LogP contribution in [0.4, 0.5) is 0 Å². The van der Waals surface area contributed by atoms with Crippen LogP contribution in [0.5, 0.6) is 0 Å². The van der Waals surface area contributed by atoms with Crippen LogP contribution >= 0.6 is 0 Å². The summed E-state index contributed by atoms with van der Waals surface area (Å²) in [4.78, 5) is 26.8. The molecule has 4 heteroatoms. The van der Waals surface area contributed by atoms with Gasteiger partial charge in [0.25, 0.3) is 0 Å². The maximum Gasteiger partial charge on any atom is 0.139 e. The molecule has 3 fully saturated rings. The lowest BCUT2D eigenvalue weighted by atomic mass is 9.46. The second kappa shape index (κ2) is 8.41. The summed E-state index contributed by atoms with van der Waals surface area (Å²) in [6.07, 6.45) is 9.71. The molecular weight excluding hydrogens is 388 g/mol. The summed E-state index contributed by atoms with van der Waals surface area (Å²) >= 11 is 0. The van der Waals surface area contributed by atoms with E-state index in [1.54, 1.807) is 0 Å². The van der Waals surface area contributed by atoms with Crippen LogP contribution in [-0.4, -0.2) is 34.5 Å². The van der Waals surface area contributed by atoms with Crippen LogP contribution in [0.15, 0.2) is 11.6 Å². The van der Waals surface area contributed by atoms with Crippen LogP contribution < -0.4 is 0 Å². The van der Waals surface area contributed by atoms with Gasteiger partial charge in [-0.3, -0.25) is 9.59 Å². The quantitative estimate of drug-likeness (QED) is 0.598.